The first kappa shape index (κ1) is 7.25. The maximum absolute atomic E-state index is 3.90. The average molecular weight is 139 g/mol. The highest BCUT2D eigenvalue weighted by molar-refractivity contribution is 4.85. The van der Waals surface area contributed by atoms with Gasteiger partial charge in [-0.2, -0.15) is 0 Å². The summed E-state index contributed by atoms with van der Waals surface area (Å²) in [4.78, 5) is 2.97. The topological polar surface area (TPSA) is 41.6 Å². The fourth-order valence-electron chi connectivity index (χ4n) is 0.820. The fraction of sp³-hybridized carbons (Fsp3) is 0.714. The van der Waals surface area contributed by atoms with Crippen LogP contribution in [0, 0.1) is 5.41 Å². The van der Waals surface area contributed by atoms with E-state index in [9.17, 15) is 0 Å². The van der Waals surface area contributed by atoms with Gasteiger partial charge in [0, 0.05) is 6.42 Å². The Hall–Kier alpha value is -0.860. The van der Waals surface area contributed by atoms with Gasteiger partial charge in [0.25, 0.3) is 0 Å². The molecular weight excluding hydrogens is 126 g/mol. The van der Waals surface area contributed by atoms with Crippen LogP contribution in [0.25, 0.3) is 0 Å². The first-order chi connectivity index (χ1) is 4.58. The van der Waals surface area contributed by atoms with Crippen LogP contribution in [0.2, 0.25) is 0 Å². The van der Waals surface area contributed by atoms with Crippen LogP contribution in [0.15, 0.2) is 6.33 Å². The summed E-state index contributed by atoms with van der Waals surface area (Å²) in [6.45, 7) is 6.53. The van der Waals surface area contributed by atoms with Crippen molar-refractivity contribution in [2.24, 2.45) is 5.41 Å². The van der Waals surface area contributed by atoms with Crippen molar-refractivity contribution >= 4 is 0 Å². The summed E-state index contributed by atoms with van der Waals surface area (Å²) in [5.74, 6) is 0.965. The second-order valence-corrected chi connectivity index (χ2v) is 3.67. The number of rotatable bonds is 1. The van der Waals surface area contributed by atoms with Crippen molar-refractivity contribution in [1.29, 1.82) is 0 Å². The zero-order chi connectivity index (χ0) is 7.61. The van der Waals surface area contributed by atoms with E-state index in [0.717, 1.165) is 12.2 Å². The van der Waals surface area contributed by atoms with E-state index in [4.69, 9.17) is 0 Å². The van der Waals surface area contributed by atoms with Crippen LogP contribution in [0.3, 0.4) is 0 Å². The highest BCUT2D eigenvalue weighted by Crippen LogP contribution is 2.17. The summed E-state index contributed by atoms with van der Waals surface area (Å²) in [5.41, 5.74) is 0.291. The molecule has 3 nitrogen and oxygen atoms in total. The predicted octanol–water partition coefficient (Wildman–Crippen LogP) is 1.39. The Morgan fingerprint density at radius 2 is 2.20 bits per heavy atom. The van der Waals surface area contributed by atoms with Crippen LogP contribution in [0.5, 0.6) is 0 Å². The molecule has 0 aromatic carbocycles. The van der Waals surface area contributed by atoms with E-state index in [1.54, 1.807) is 6.33 Å². The first-order valence-corrected chi connectivity index (χ1v) is 3.43. The minimum Gasteiger partial charge on any atom is -0.332 e. The van der Waals surface area contributed by atoms with E-state index in [1.165, 1.54) is 0 Å². The maximum atomic E-state index is 3.90. The smallest absolute Gasteiger partial charge is 0.130 e. The number of nitrogens with one attached hydrogen (secondary N) is 1. The van der Waals surface area contributed by atoms with Crippen molar-refractivity contribution in [2.45, 2.75) is 27.2 Å². The Bertz CT molecular complexity index is 183. The molecule has 1 aromatic heterocycles. The normalized spacial score (nSPS) is 11.9. The molecule has 0 saturated heterocycles. The molecule has 0 atom stereocenters. The molecule has 1 heterocycles. The van der Waals surface area contributed by atoms with Crippen molar-refractivity contribution in [2.75, 3.05) is 0 Å². The SMILES string of the molecule is CC(C)(C)Cc1nnc[nH]1. The standard InChI is InChI=1S/C7H13N3/c1-7(2,3)4-6-8-5-9-10-6/h5H,4H2,1-3H3,(H,8,9,10). The monoisotopic (exact) mass is 139 g/mol. The lowest BCUT2D eigenvalue weighted by molar-refractivity contribution is 0.401. The minimum atomic E-state index is 0.291. The van der Waals surface area contributed by atoms with Gasteiger partial charge >= 0.3 is 0 Å². The number of nitrogens with zero attached hydrogens (tertiary/aromatic N) is 2. The quantitative estimate of drug-likeness (QED) is 0.638. The van der Waals surface area contributed by atoms with Crippen molar-refractivity contribution < 1.29 is 0 Å². The summed E-state index contributed by atoms with van der Waals surface area (Å²) in [6, 6.07) is 0. The lowest BCUT2D eigenvalue weighted by Crippen LogP contribution is -2.10. The van der Waals surface area contributed by atoms with E-state index in [-0.39, 0.29) is 0 Å². The Morgan fingerprint density at radius 3 is 2.60 bits per heavy atom. The van der Waals surface area contributed by atoms with Crippen LogP contribution >= 0.6 is 0 Å². The number of H-pyrrole nitrogens is 1. The molecule has 3 heteroatoms. The zero-order valence-electron chi connectivity index (χ0n) is 6.68. The van der Waals surface area contributed by atoms with Gasteiger partial charge < -0.3 is 4.98 Å². The highest BCUT2D eigenvalue weighted by Gasteiger charge is 2.12. The molecule has 0 unspecified atom stereocenters. The number of aromatic nitrogens is 3. The minimum absolute atomic E-state index is 0.291. The summed E-state index contributed by atoms with van der Waals surface area (Å²) < 4.78 is 0. The third kappa shape index (κ3) is 2.17. The summed E-state index contributed by atoms with van der Waals surface area (Å²) >= 11 is 0. The molecule has 1 N–H and O–H groups in total. The lowest BCUT2D eigenvalue weighted by Gasteiger charge is -2.14. The van der Waals surface area contributed by atoms with Crippen LogP contribution in [-0.4, -0.2) is 15.2 Å². The van der Waals surface area contributed by atoms with Crippen LogP contribution in [-0.2, 0) is 6.42 Å². The zero-order valence-corrected chi connectivity index (χ0v) is 6.68. The molecule has 0 aliphatic heterocycles. The largest absolute Gasteiger partial charge is 0.332 e. The molecule has 56 valence electrons. The van der Waals surface area contributed by atoms with Gasteiger partial charge in [-0.3, -0.25) is 0 Å². The molecular formula is C7H13N3. The summed E-state index contributed by atoms with van der Waals surface area (Å²) in [7, 11) is 0. The molecule has 1 rings (SSSR count). The third-order valence-corrected chi connectivity index (χ3v) is 1.17. The molecule has 0 spiro atoms. The van der Waals surface area contributed by atoms with Gasteiger partial charge in [-0.15, -0.1) is 10.2 Å². The second kappa shape index (κ2) is 2.40. The molecule has 0 aliphatic rings. The molecule has 0 amide bonds. The van der Waals surface area contributed by atoms with Crippen LogP contribution < -0.4 is 0 Å². The maximum Gasteiger partial charge on any atom is 0.130 e. The van der Waals surface area contributed by atoms with Gasteiger partial charge in [-0.05, 0) is 5.41 Å². The van der Waals surface area contributed by atoms with Crippen molar-refractivity contribution in [3.05, 3.63) is 12.2 Å². The Kier molecular flexibility index (Phi) is 1.74. The van der Waals surface area contributed by atoms with Crippen molar-refractivity contribution in [3.63, 3.8) is 0 Å². The number of hydrogen-bond donors (Lipinski definition) is 1. The summed E-state index contributed by atoms with van der Waals surface area (Å²) in [6.07, 6.45) is 2.56. The van der Waals surface area contributed by atoms with Gasteiger partial charge in [-0.1, -0.05) is 20.8 Å². The lowest BCUT2D eigenvalue weighted by atomic mass is 9.92. The molecule has 0 fully saturated rings. The van der Waals surface area contributed by atoms with Gasteiger partial charge in [0.1, 0.15) is 12.2 Å². The Morgan fingerprint density at radius 1 is 1.50 bits per heavy atom. The third-order valence-electron chi connectivity index (χ3n) is 1.17. The Labute approximate surface area is 60.9 Å². The summed E-state index contributed by atoms with van der Waals surface area (Å²) in [5, 5.41) is 7.60. The van der Waals surface area contributed by atoms with Gasteiger partial charge in [0.05, 0.1) is 0 Å². The molecule has 10 heavy (non-hydrogen) atoms. The Balaban J connectivity index is 2.57. The number of hydrogen-bond acceptors (Lipinski definition) is 2. The predicted molar refractivity (Wildman–Crippen MR) is 39.5 cm³/mol. The van der Waals surface area contributed by atoms with E-state index in [0.29, 0.717) is 5.41 Å². The first-order valence-electron chi connectivity index (χ1n) is 3.43. The van der Waals surface area contributed by atoms with Gasteiger partial charge in [0.15, 0.2) is 0 Å². The van der Waals surface area contributed by atoms with E-state index < -0.39 is 0 Å². The highest BCUT2D eigenvalue weighted by atomic mass is 15.2. The van der Waals surface area contributed by atoms with Crippen LogP contribution in [0.1, 0.15) is 26.6 Å². The van der Waals surface area contributed by atoms with Gasteiger partial charge in [0.2, 0.25) is 0 Å². The number of aromatic amines is 1. The van der Waals surface area contributed by atoms with E-state index in [2.05, 4.69) is 36.0 Å². The van der Waals surface area contributed by atoms with Gasteiger partial charge in [-0.25, -0.2) is 0 Å². The van der Waals surface area contributed by atoms with Crippen molar-refractivity contribution in [3.8, 4) is 0 Å². The molecule has 0 radical (unpaired) electrons. The molecule has 0 saturated carbocycles. The van der Waals surface area contributed by atoms with Crippen LogP contribution in [0.4, 0.5) is 0 Å². The second-order valence-electron chi connectivity index (χ2n) is 3.67. The molecule has 1 aromatic rings. The van der Waals surface area contributed by atoms with E-state index >= 15 is 0 Å². The van der Waals surface area contributed by atoms with Crippen molar-refractivity contribution in [1.82, 2.24) is 15.2 Å². The molecule has 0 aliphatic carbocycles. The van der Waals surface area contributed by atoms with E-state index in [1.807, 2.05) is 0 Å². The molecule has 0 bridgehead atoms. The fourth-order valence-corrected chi connectivity index (χ4v) is 0.820. The average Bonchev–Trinajstić information content (AvgIpc) is 2.12.